The minimum absolute atomic E-state index is 0.437. The van der Waals surface area contributed by atoms with Gasteiger partial charge in [-0.15, -0.1) is 0 Å². The molecule has 0 N–H and O–H groups in total. The van der Waals surface area contributed by atoms with Crippen molar-refractivity contribution in [2.45, 2.75) is 6.18 Å². The smallest absolute Gasteiger partial charge is 0.446 e. The van der Waals surface area contributed by atoms with E-state index in [0.717, 1.165) is 25.3 Å². The fourth-order valence-corrected chi connectivity index (χ4v) is 1.25. The van der Waals surface area contributed by atoms with Gasteiger partial charge in [0.05, 0.1) is 12.7 Å². The molecule has 0 aliphatic rings. The maximum Gasteiger partial charge on any atom is 0.446 e. The quantitative estimate of drug-likeness (QED) is 0.210. The molecule has 0 radical (unpaired) electrons. The van der Waals surface area contributed by atoms with E-state index >= 15 is 0 Å². The van der Waals surface area contributed by atoms with Gasteiger partial charge in [-0.2, -0.15) is 18.0 Å². The number of benzene rings is 1. The van der Waals surface area contributed by atoms with Gasteiger partial charge in [-0.05, 0) is 12.1 Å². The number of Topliss-reactive ketones (excluding diaryl/α,β-unsaturated/α-hetero) is 1. The van der Waals surface area contributed by atoms with Gasteiger partial charge in [-0.3, -0.25) is 4.79 Å². The van der Waals surface area contributed by atoms with Gasteiger partial charge in [-0.25, -0.2) is 4.79 Å². The number of ether oxygens (including phenoxy) is 1. The van der Waals surface area contributed by atoms with Crippen LogP contribution in [0, 0.1) is 0 Å². The summed E-state index contributed by atoms with van der Waals surface area (Å²) in [5.41, 5.74) is 6.04. The topological polar surface area (TPSA) is 79.8 Å². The normalized spacial score (nSPS) is 10.5. The van der Waals surface area contributed by atoms with Crippen LogP contribution in [0.5, 0.6) is 0 Å². The van der Waals surface area contributed by atoms with E-state index in [4.69, 9.17) is 5.53 Å². The van der Waals surface area contributed by atoms with Crippen LogP contribution in [0.15, 0.2) is 24.3 Å². The van der Waals surface area contributed by atoms with Crippen molar-refractivity contribution in [2.24, 2.45) is 0 Å². The first kappa shape index (κ1) is 14.6. The zero-order valence-electron chi connectivity index (χ0n) is 9.56. The van der Waals surface area contributed by atoms with Gasteiger partial charge in [0.2, 0.25) is 0 Å². The lowest BCUT2D eigenvalue weighted by Crippen LogP contribution is -2.26. The largest absolute Gasteiger partial charge is 0.460 e. The minimum Gasteiger partial charge on any atom is -0.460 e. The molecule has 0 amide bonds. The highest BCUT2D eigenvalue weighted by molar-refractivity contribution is 6.65. The summed E-state index contributed by atoms with van der Waals surface area (Å²) in [5, 5.41) is 0. The van der Waals surface area contributed by atoms with E-state index in [1.54, 1.807) is 0 Å². The molecule has 19 heavy (non-hydrogen) atoms. The molecule has 0 heterocycles. The Hall–Kier alpha value is -2.47. The fraction of sp³-hybridized carbons (Fsp3) is 0.182. The number of hydrogen-bond donors (Lipinski definition) is 0. The molecule has 0 aromatic heterocycles. The molecule has 0 saturated carbocycles. The van der Waals surface area contributed by atoms with Crippen molar-refractivity contribution >= 4 is 17.5 Å². The molecule has 0 spiro atoms. The zero-order valence-corrected chi connectivity index (χ0v) is 9.56. The molecular weight excluding hydrogens is 265 g/mol. The third kappa shape index (κ3) is 3.26. The number of carbonyl (C=O) groups is 2. The lowest BCUT2D eigenvalue weighted by Gasteiger charge is -2.06. The van der Waals surface area contributed by atoms with Gasteiger partial charge >= 0.3 is 17.9 Å². The highest BCUT2D eigenvalue weighted by Gasteiger charge is 2.35. The number of rotatable bonds is 3. The van der Waals surface area contributed by atoms with Gasteiger partial charge in [0.25, 0.3) is 5.78 Å². The van der Waals surface area contributed by atoms with Gasteiger partial charge < -0.3 is 10.3 Å². The van der Waals surface area contributed by atoms with Crippen molar-refractivity contribution in [1.29, 1.82) is 0 Å². The van der Waals surface area contributed by atoms with Gasteiger partial charge in [0.15, 0.2) is 0 Å². The van der Waals surface area contributed by atoms with Crippen LogP contribution in [-0.2, 0) is 15.7 Å². The Morgan fingerprint density at radius 2 is 1.95 bits per heavy atom. The van der Waals surface area contributed by atoms with Crippen LogP contribution >= 0.6 is 0 Å². The average Bonchev–Trinajstić information content (AvgIpc) is 2.38. The number of halogens is 3. The van der Waals surface area contributed by atoms with Gasteiger partial charge in [0.1, 0.15) is 0 Å². The summed E-state index contributed by atoms with van der Waals surface area (Å²) in [6, 6.07) is 3.38. The van der Waals surface area contributed by atoms with Crippen molar-refractivity contribution in [3.63, 3.8) is 0 Å². The Balaban J connectivity index is 3.21. The highest BCUT2D eigenvalue weighted by Crippen LogP contribution is 2.29. The number of alkyl halides is 3. The summed E-state index contributed by atoms with van der Waals surface area (Å²) >= 11 is 0. The molecule has 0 aliphatic heterocycles. The summed E-state index contributed by atoms with van der Waals surface area (Å²) in [6.07, 6.45) is -4.63. The van der Waals surface area contributed by atoms with Crippen LogP contribution in [0.2, 0.25) is 0 Å². The average molecular weight is 272 g/mol. The predicted molar refractivity (Wildman–Crippen MR) is 56.4 cm³/mol. The summed E-state index contributed by atoms with van der Waals surface area (Å²) in [5.74, 6) is -2.41. The molecule has 100 valence electrons. The molecule has 1 rings (SSSR count). The Morgan fingerprint density at radius 1 is 1.32 bits per heavy atom. The van der Waals surface area contributed by atoms with Crippen LogP contribution in [0.3, 0.4) is 0 Å². The number of carbonyl (C=O) groups excluding carboxylic acids is 2. The molecule has 0 unspecified atom stereocenters. The Labute approximate surface area is 105 Å². The van der Waals surface area contributed by atoms with Gasteiger partial charge in [-0.1, -0.05) is 12.1 Å². The predicted octanol–water partition coefficient (Wildman–Crippen LogP) is 1.73. The lowest BCUT2D eigenvalue weighted by molar-refractivity contribution is -0.137. The Morgan fingerprint density at radius 3 is 2.42 bits per heavy atom. The first-order chi connectivity index (χ1) is 8.81. The SMILES string of the molecule is COC(=O)C(=[N+]=[N-])C(=O)c1cccc(C(F)(F)F)c1. The van der Waals surface area contributed by atoms with Crippen molar-refractivity contribution in [3.8, 4) is 0 Å². The molecule has 0 saturated heterocycles. The minimum atomic E-state index is -4.63. The monoisotopic (exact) mass is 272 g/mol. The number of nitrogens with zero attached hydrogens (tertiary/aromatic N) is 2. The number of esters is 1. The third-order valence-corrected chi connectivity index (χ3v) is 2.15. The van der Waals surface area contributed by atoms with Crippen molar-refractivity contribution in [3.05, 3.63) is 40.9 Å². The van der Waals surface area contributed by atoms with Crippen LogP contribution in [-0.4, -0.2) is 29.4 Å². The molecule has 1 aromatic carbocycles. The van der Waals surface area contributed by atoms with E-state index < -0.39 is 34.8 Å². The third-order valence-electron chi connectivity index (χ3n) is 2.15. The highest BCUT2D eigenvalue weighted by atomic mass is 19.4. The van der Waals surface area contributed by atoms with Crippen molar-refractivity contribution in [1.82, 2.24) is 0 Å². The second-order valence-corrected chi connectivity index (χ2v) is 3.35. The molecule has 0 aliphatic carbocycles. The van der Waals surface area contributed by atoms with Crippen LogP contribution in [0.1, 0.15) is 15.9 Å². The summed E-state index contributed by atoms with van der Waals surface area (Å²) in [6.45, 7) is 0. The Bertz CT molecular complexity index is 575. The lowest BCUT2D eigenvalue weighted by atomic mass is 10.0. The molecule has 0 fully saturated rings. The van der Waals surface area contributed by atoms with Crippen LogP contribution in [0.25, 0.3) is 5.53 Å². The van der Waals surface area contributed by atoms with E-state index in [-0.39, 0.29) is 0 Å². The summed E-state index contributed by atoms with van der Waals surface area (Å²) in [7, 11) is 0.937. The summed E-state index contributed by atoms with van der Waals surface area (Å²) in [4.78, 5) is 25.2. The molecule has 0 atom stereocenters. The van der Waals surface area contributed by atoms with Crippen molar-refractivity contribution in [2.75, 3.05) is 7.11 Å². The second-order valence-electron chi connectivity index (χ2n) is 3.35. The molecule has 0 bridgehead atoms. The second kappa shape index (κ2) is 5.45. The van der Waals surface area contributed by atoms with E-state index in [1.165, 1.54) is 0 Å². The number of methoxy groups -OCH3 is 1. The summed E-state index contributed by atoms with van der Waals surface area (Å²) < 4.78 is 41.5. The molecular formula is C11H7F3N2O3. The first-order valence-corrected chi connectivity index (χ1v) is 4.83. The van der Waals surface area contributed by atoms with E-state index in [9.17, 15) is 22.8 Å². The van der Waals surface area contributed by atoms with E-state index in [2.05, 4.69) is 9.53 Å². The maximum atomic E-state index is 12.5. The Kier molecular flexibility index (Phi) is 4.18. The zero-order chi connectivity index (χ0) is 14.6. The number of hydrogen-bond acceptors (Lipinski definition) is 3. The van der Waals surface area contributed by atoms with E-state index in [1.807, 2.05) is 0 Å². The van der Waals surface area contributed by atoms with Crippen LogP contribution in [0.4, 0.5) is 13.2 Å². The molecule has 5 nitrogen and oxygen atoms in total. The number of ketones is 1. The van der Waals surface area contributed by atoms with Crippen molar-refractivity contribution < 1.29 is 32.3 Å². The fourth-order valence-electron chi connectivity index (χ4n) is 1.25. The molecule has 8 heteroatoms. The standard InChI is InChI=1S/C11H7F3N2O3/c1-19-10(18)8(16-15)9(17)6-3-2-4-7(5-6)11(12,13)14/h2-5H,1H3. The van der Waals surface area contributed by atoms with E-state index in [0.29, 0.717) is 6.07 Å². The van der Waals surface area contributed by atoms with Gasteiger partial charge in [0, 0.05) is 5.56 Å². The molecule has 1 aromatic rings. The maximum absolute atomic E-state index is 12.5. The first-order valence-electron chi connectivity index (χ1n) is 4.83. The van der Waals surface area contributed by atoms with Crippen LogP contribution < -0.4 is 0 Å².